The topological polar surface area (TPSA) is 67.4 Å². The summed E-state index contributed by atoms with van der Waals surface area (Å²) in [4.78, 5) is 24.4. The van der Waals surface area contributed by atoms with Crippen molar-refractivity contribution in [2.24, 2.45) is 0 Å². The van der Waals surface area contributed by atoms with Gasteiger partial charge in [-0.25, -0.2) is 9.97 Å². The minimum atomic E-state index is -0.129. The lowest BCUT2D eigenvalue weighted by Crippen LogP contribution is -2.37. The van der Waals surface area contributed by atoms with Gasteiger partial charge < -0.3 is 15.0 Å². The number of rotatable bonds is 6. The molecule has 1 amide bonds. The summed E-state index contributed by atoms with van der Waals surface area (Å²) < 4.78 is 5.32. The van der Waals surface area contributed by atoms with Gasteiger partial charge in [0.1, 0.15) is 0 Å². The van der Waals surface area contributed by atoms with Gasteiger partial charge in [0, 0.05) is 30.4 Å². The van der Waals surface area contributed by atoms with Gasteiger partial charge in [-0.2, -0.15) is 0 Å². The van der Waals surface area contributed by atoms with Crippen LogP contribution in [0.4, 0.5) is 5.95 Å². The fourth-order valence-electron chi connectivity index (χ4n) is 2.67. The van der Waals surface area contributed by atoms with Crippen LogP contribution >= 0.6 is 11.3 Å². The van der Waals surface area contributed by atoms with Crippen molar-refractivity contribution in [1.82, 2.24) is 15.3 Å². The quantitative estimate of drug-likeness (QED) is 0.871. The van der Waals surface area contributed by atoms with E-state index in [0.29, 0.717) is 24.7 Å². The monoisotopic (exact) mass is 346 g/mol. The minimum absolute atomic E-state index is 0.0430. The van der Waals surface area contributed by atoms with Crippen LogP contribution < -0.4 is 10.2 Å². The maximum atomic E-state index is 12.5. The molecule has 7 heteroatoms. The molecule has 2 aromatic rings. The molecular weight excluding hydrogens is 324 g/mol. The number of morpholine rings is 1. The Morgan fingerprint density at radius 2 is 2.12 bits per heavy atom. The van der Waals surface area contributed by atoms with E-state index in [1.807, 2.05) is 11.4 Å². The van der Waals surface area contributed by atoms with E-state index in [-0.39, 0.29) is 11.9 Å². The Labute approximate surface area is 145 Å². The largest absolute Gasteiger partial charge is 0.378 e. The summed E-state index contributed by atoms with van der Waals surface area (Å²) in [6, 6.07) is 4.11. The van der Waals surface area contributed by atoms with Crippen LogP contribution in [0, 0.1) is 0 Å². The zero-order chi connectivity index (χ0) is 16.8. The van der Waals surface area contributed by atoms with Gasteiger partial charge in [-0.15, -0.1) is 11.3 Å². The molecular formula is C17H22N4O2S. The smallest absolute Gasteiger partial charge is 0.254 e. The number of nitrogens with one attached hydrogen (secondary N) is 1. The molecule has 128 valence electrons. The molecule has 0 aliphatic carbocycles. The van der Waals surface area contributed by atoms with Crippen molar-refractivity contribution in [2.45, 2.75) is 25.8 Å². The molecule has 3 heterocycles. The van der Waals surface area contributed by atoms with Crippen molar-refractivity contribution >= 4 is 23.2 Å². The van der Waals surface area contributed by atoms with Gasteiger partial charge in [-0.05, 0) is 17.9 Å². The van der Waals surface area contributed by atoms with Crippen molar-refractivity contribution in [3.05, 3.63) is 40.3 Å². The predicted molar refractivity (Wildman–Crippen MR) is 94.5 cm³/mol. The first-order valence-corrected chi connectivity index (χ1v) is 9.15. The van der Waals surface area contributed by atoms with Crippen LogP contribution in [0.15, 0.2) is 29.9 Å². The number of aromatic nitrogens is 2. The molecule has 6 nitrogen and oxygen atoms in total. The van der Waals surface area contributed by atoms with Crippen molar-refractivity contribution in [3.8, 4) is 0 Å². The minimum Gasteiger partial charge on any atom is -0.378 e. The van der Waals surface area contributed by atoms with Gasteiger partial charge in [0.25, 0.3) is 5.91 Å². The molecule has 1 aliphatic rings. The number of carbonyl (C=O) groups is 1. The van der Waals surface area contributed by atoms with E-state index in [1.165, 1.54) is 4.88 Å². The third kappa shape index (κ3) is 4.10. The Hall–Kier alpha value is -1.99. The summed E-state index contributed by atoms with van der Waals surface area (Å²) in [7, 11) is 0. The molecule has 0 saturated carbocycles. The van der Waals surface area contributed by atoms with E-state index < -0.39 is 0 Å². The van der Waals surface area contributed by atoms with Crippen molar-refractivity contribution < 1.29 is 9.53 Å². The summed E-state index contributed by atoms with van der Waals surface area (Å²) in [6.45, 7) is 5.05. The summed E-state index contributed by atoms with van der Waals surface area (Å²) in [5, 5.41) is 5.13. The van der Waals surface area contributed by atoms with Crippen LogP contribution in [-0.2, 0) is 4.74 Å². The number of carbonyl (C=O) groups excluding carboxylic acids is 1. The van der Waals surface area contributed by atoms with Crippen LogP contribution in [0.25, 0.3) is 0 Å². The maximum absolute atomic E-state index is 12.5. The first kappa shape index (κ1) is 16.9. The number of ether oxygens (including phenoxy) is 1. The fourth-order valence-corrected chi connectivity index (χ4v) is 3.48. The lowest BCUT2D eigenvalue weighted by Gasteiger charge is -2.26. The summed E-state index contributed by atoms with van der Waals surface area (Å²) >= 11 is 1.66. The molecule has 3 rings (SSSR count). The van der Waals surface area contributed by atoms with Crippen molar-refractivity contribution in [3.63, 3.8) is 0 Å². The fraction of sp³-hybridized carbons (Fsp3) is 0.471. The maximum Gasteiger partial charge on any atom is 0.254 e. The average Bonchev–Trinajstić information content (AvgIpc) is 3.17. The highest BCUT2D eigenvalue weighted by Gasteiger charge is 2.18. The first-order valence-electron chi connectivity index (χ1n) is 8.27. The number of hydrogen-bond donors (Lipinski definition) is 1. The normalized spacial score (nSPS) is 16.0. The number of thiophene rings is 1. The molecule has 0 bridgehead atoms. The van der Waals surface area contributed by atoms with Gasteiger partial charge in [-0.1, -0.05) is 19.4 Å². The lowest BCUT2D eigenvalue weighted by molar-refractivity contribution is 0.0934. The molecule has 1 atom stereocenters. The number of nitrogens with zero attached hydrogens (tertiary/aromatic N) is 3. The molecule has 0 spiro atoms. The van der Waals surface area contributed by atoms with Gasteiger partial charge >= 0.3 is 0 Å². The van der Waals surface area contributed by atoms with E-state index in [1.54, 1.807) is 23.7 Å². The number of amides is 1. The Morgan fingerprint density at radius 3 is 2.75 bits per heavy atom. The number of anilines is 1. The zero-order valence-corrected chi connectivity index (χ0v) is 14.6. The van der Waals surface area contributed by atoms with Gasteiger partial charge in [-0.3, -0.25) is 4.79 Å². The second-order valence-corrected chi connectivity index (χ2v) is 6.68. The highest BCUT2D eigenvalue weighted by Crippen LogP contribution is 2.23. The van der Waals surface area contributed by atoms with Crippen LogP contribution in [-0.4, -0.2) is 42.2 Å². The lowest BCUT2D eigenvalue weighted by atomic mass is 10.1. The Bertz CT molecular complexity index is 639. The molecule has 2 aromatic heterocycles. The van der Waals surface area contributed by atoms with Crippen LogP contribution in [0.1, 0.15) is 41.0 Å². The molecule has 1 fully saturated rings. The van der Waals surface area contributed by atoms with Gasteiger partial charge in [0.15, 0.2) is 0 Å². The molecule has 24 heavy (non-hydrogen) atoms. The molecule has 0 aromatic carbocycles. The highest BCUT2D eigenvalue weighted by atomic mass is 32.1. The van der Waals surface area contributed by atoms with Crippen LogP contribution in [0.5, 0.6) is 0 Å². The number of hydrogen-bond acceptors (Lipinski definition) is 6. The Morgan fingerprint density at radius 1 is 1.38 bits per heavy atom. The zero-order valence-electron chi connectivity index (χ0n) is 13.8. The van der Waals surface area contributed by atoms with Crippen LogP contribution in [0.2, 0.25) is 0 Å². The molecule has 0 radical (unpaired) electrons. The standard InChI is InChI=1S/C17H22N4O2S/c1-2-4-14(15-5-3-10-24-15)20-16(22)13-11-18-17(19-12-13)21-6-8-23-9-7-21/h3,5,10-12,14H,2,4,6-9H2,1H3,(H,20,22). The summed E-state index contributed by atoms with van der Waals surface area (Å²) in [6.07, 6.45) is 5.13. The van der Waals surface area contributed by atoms with E-state index >= 15 is 0 Å². The van der Waals surface area contributed by atoms with E-state index in [9.17, 15) is 4.79 Å². The third-order valence-electron chi connectivity index (χ3n) is 3.96. The Kier molecular flexibility index (Phi) is 5.77. The second kappa shape index (κ2) is 8.21. The highest BCUT2D eigenvalue weighted by molar-refractivity contribution is 7.10. The Balaban J connectivity index is 1.65. The molecule has 1 unspecified atom stereocenters. The third-order valence-corrected chi connectivity index (χ3v) is 4.95. The van der Waals surface area contributed by atoms with E-state index in [4.69, 9.17) is 4.74 Å². The van der Waals surface area contributed by atoms with Gasteiger partial charge in [0.2, 0.25) is 5.95 Å². The van der Waals surface area contributed by atoms with Crippen molar-refractivity contribution in [1.29, 1.82) is 0 Å². The SMILES string of the molecule is CCCC(NC(=O)c1cnc(N2CCOCC2)nc1)c1cccs1. The predicted octanol–water partition coefficient (Wildman–Crippen LogP) is 2.65. The average molecular weight is 346 g/mol. The van der Waals surface area contributed by atoms with Gasteiger partial charge in [0.05, 0.1) is 24.8 Å². The molecule has 1 saturated heterocycles. The van der Waals surface area contributed by atoms with E-state index in [2.05, 4.69) is 33.2 Å². The second-order valence-electron chi connectivity index (χ2n) is 5.70. The summed E-state index contributed by atoms with van der Waals surface area (Å²) in [5.41, 5.74) is 0.490. The van der Waals surface area contributed by atoms with Crippen molar-refractivity contribution in [2.75, 3.05) is 31.2 Å². The molecule has 1 aliphatic heterocycles. The van der Waals surface area contributed by atoms with Crippen LogP contribution in [0.3, 0.4) is 0 Å². The molecule has 1 N–H and O–H groups in total. The summed E-state index contributed by atoms with van der Waals surface area (Å²) in [5.74, 6) is 0.522. The van der Waals surface area contributed by atoms with E-state index in [0.717, 1.165) is 25.9 Å². The first-order chi connectivity index (χ1) is 11.8.